The molecule has 0 bridgehead atoms. The van der Waals surface area contributed by atoms with E-state index in [0.717, 1.165) is 60.9 Å². The zero-order chi connectivity index (χ0) is 22.1. The Balaban J connectivity index is 1.48. The van der Waals surface area contributed by atoms with E-state index in [4.69, 9.17) is 0 Å². The van der Waals surface area contributed by atoms with Gasteiger partial charge in [-0.3, -0.25) is 9.59 Å². The van der Waals surface area contributed by atoms with Crippen LogP contribution in [0.2, 0.25) is 0 Å². The summed E-state index contributed by atoms with van der Waals surface area (Å²) in [5.41, 5.74) is 2.96. The summed E-state index contributed by atoms with van der Waals surface area (Å²) in [4.78, 5) is 37.2. The van der Waals surface area contributed by atoms with E-state index in [-0.39, 0.29) is 17.7 Å². The highest BCUT2D eigenvalue weighted by Gasteiger charge is 2.55. The Labute approximate surface area is 188 Å². The number of aromatic nitrogens is 2. The van der Waals surface area contributed by atoms with Crippen molar-refractivity contribution in [3.8, 4) is 0 Å². The van der Waals surface area contributed by atoms with Crippen LogP contribution in [-0.2, 0) is 11.3 Å². The van der Waals surface area contributed by atoms with Gasteiger partial charge in [-0.05, 0) is 43.0 Å². The molecule has 3 aromatic rings. The molecule has 2 heterocycles. The molecule has 1 atom stereocenters. The summed E-state index contributed by atoms with van der Waals surface area (Å²) < 4.78 is 0. The number of amides is 2. The molecule has 2 amide bonds. The molecule has 0 radical (unpaired) electrons. The van der Waals surface area contributed by atoms with Gasteiger partial charge in [0, 0.05) is 12.1 Å². The molecular weight excluding hydrogens is 400 g/mol. The first-order chi connectivity index (χ1) is 15.6. The zero-order valence-electron chi connectivity index (χ0n) is 18.6. The third-order valence-corrected chi connectivity index (χ3v) is 7.16. The standard InChI is InChI=1S/C26H30N4O2/c1-2-3-16-30-25(32)19-11-5-4-10-18(19)23(26(30)14-8-9-15-26)24(31)27-17-22-28-20-12-6-7-13-21(20)29-22/h4-7,10-13,23H,2-3,8-9,14-17H2,1H3,(H,27,31)(H,28,29)/t23-/m0/s1. The molecule has 5 rings (SSSR count). The van der Waals surface area contributed by atoms with E-state index in [0.29, 0.717) is 18.7 Å². The van der Waals surface area contributed by atoms with Crippen molar-refractivity contribution in [2.75, 3.05) is 6.54 Å². The molecule has 1 saturated carbocycles. The topological polar surface area (TPSA) is 78.1 Å². The van der Waals surface area contributed by atoms with Crippen molar-refractivity contribution >= 4 is 22.8 Å². The summed E-state index contributed by atoms with van der Waals surface area (Å²) in [7, 11) is 0. The maximum absolute atomic E-state index is 13.7. The Morgan fingerprint density at radius 1 is 1.16 bits per heavy atom. The molecule has 6 nitrogen and oxygen atoms in total. The maximum Gasteiger partial charge on any atom is 0.254 e. The number of aromatic amines is 1. The number of nitrogens with zero attached hydrogens (tertiary/aromatic N) is 2. The van der Waals surface area contributed by atoms with E-state index in [2.05, 4.69) is 22.2 Å². The Kier molecular flexibility index (Phi) is 5.45. The second-order valence-corrected chi connectivity index (χ2v) is 9.06. The van der Waals surface area contributed by atoms with Gasteiger partial charge in [0.25, 0.3) is 5.91 Å². The third-order valence-electron chi connectivity index (χ3n) is 7.16. The van der Waals surface area contributed by atoms with Crippen LogP contribution in [0.5, 0.6) is 0 Å². The first-order valence-corrected chi connectivity index (χ1v) is 11.8. The SMILES string of the molecule is CCCCN1C(=O)c2ccccc2[C@@H](C(=O)NCc2nc3ccccc3[nH]2)C12CCCC2. The minimum absolute atomic E-state index is 0.0196. The fraction of sp³-hybridized carbons (Fsp3) is 0.423. The van der Waals surface area contributed by atoms with Crippen LogP contribution in [0.3, 0.4) is 0 Å². The molecule has 2 aliphatic rings. The lowest BCUT2D eigenvalue weighted by Gasteiger charge is -2.50. The number of benzene rings is 2. The van der Waals surface area contributed by atoms with Crippen LogP contribution in [0, 0.1) is 0 Å². The molecule has 0 saturated heterocycles. The van der Waals surface area contributed by atoms with Crippen LogP contribution < -0.4 is 5.32 Å². The summed E-state index contributed by atoms with van der Waals surface area (Å²) in [5.74, 6) is 0.439. The van der Waals surface area contributed by atoms with Gasteiger partial charge in [-0.1, -0.05) is 56.5 Å². The molecule has 2 N–H and O–H groups in total. The van der Waals surface area contributed by atoms with Gasteiger partial charge >= 0.3 is 0 Å². The van der Waals surface area contributed by atoms with Gasteiger partial charge in [-0.25, -0.2) is 4.98 Å². The van der Waals surface area contributed by atoms with Gasteiger partial charge in [0.05, 0.1) is 29.0 Å². The second kappa shape index (κ2) is 8.41. The van der Waals surface area contributed by atoms with E-state index in [9.17, 15) is 9.59 Å². The van der Waals surface area contributed by atoms with E-state index >= 15 is 0 Å². The Hall–Kier alpha value is -3.15. The van der Waals surface area contributed by atoms with Crippen molar-refractivity contribution in [3.63, 3.8) is 0 Å². The van der Waals surface area contributed by atoms with Gasteiger partial charge in [-0.15, -0.1) is 0 Å². The van der Waals surface area contributed by atoms with Crippen molar-refractivity contribution in [2.45, 2.75) is 63.5 Å². The fourth-order valence-corrected chi connectivity index (χ4v) is 5.67. The van der Waals surface area contributed by atoms with E-state index in [1.165, 1.54) is 0 Å². The predicted molar refractivity (Wildman–Crippen MR) is 124 cm³/mol. The smallest absolute Gasteiger partial charge is 0.254 e. The third kappa shape index (κ3) is 3.38. The lowest BCUT2D eigenvalue weighted by Crippen LogP contribution is -2.60. The normalized spacial score (nSPS) is 19.5. The van der Waals surface area contributed by atoms with Crippen molar-refractivity contribution in [1.82, 2.24) is 20.2 Å². The lowest BCUT2D eigenvalue weighted by molar-refractivity contribution is -0.126. The number of imidazole rings is 1. The molecular formula is C26H30N4O2. The molecule has 32 heavy (non-hydrogen) atoms. The summed E-state index contributed by atoms with van der Waals surface area (Å²) in [6, 6.07) is 15.5. The highest BCUT2D eigenvalue weighted by molar-refractivity contribution is 6.02. The van der Waals surface area contributed by atoms with Gasteiger partial charge in [0.1, 0.15) is 5.82 Å². The summed E-state index contributed by atoms with van der Waals surface area (Å²) >= 11 is 0. The number of hydrogen-bond donors (Lipinski definition) is 2. The first-order valence-electron chi connectivity index (χ1n) is 11.8. The number of unbranched alkanes of at least 4 members (excludes halogenated alkanes) is 1. The van der Waals surface area contributed by atoms with E-state index in [1.54, 1.807) is 0 Å². The van der Waals surface area contributed by atoms with Gasteiger partial charge < -0.3 is 15.2 Å². The minimum atomic E-state index is -0.432. The van der Waals surface area contributed by atoms with Crippen LogP contribution in [0.4, 0.5) is 0 Å². The number of rotatable bonds is 6. The minimum Gasteiger partial charge on any atom is -0.348 e. The van der Waals surface area contributed by atoms with Gasteiger partial charge in [0.15, 0.2) is 0 Å². The number of nitrogens with one attached hydrogen (secondary N) is 2. The molecule has 1 aliphatic carbocycles. The highest BCUT2D eigenvalue weighted by atomic mass is 16.2. The van der Waals surface area contributed by atoms with Gasteiger partial charge in [-0.2, -0.15) is 0 Å². The molecule has 6 heteroatoms. The monoisotopic (exact) mass is 430 g/mol. The van der Waals surface area contributed by atoms with Crippen molar-refractivity contribution in [2.24, 2.45) is 0 Å². The fourth-order valence-electron chi connectivity index (χ4n) is 5.67. The summed E-state index contributed by atoms with van der Waals surface area (Å²) in [6.07, 6.45) is 5.81. The summed E-state index contributed by atoms with van der Waals surface area (Å²) in [6.45, 7) is 3.18. The number of H-pyrrole nitrogens is 1. The number of carbonyl (C=O) groups excluding carboxylic acids is 2. The van der Waals surface area contributed by atoms with Crippen LogP contribution in [0.1, 0.15) is 73.1 Å². The molecule has 0 unspecified atom stereocenters. The molecule has 1 aromatic heterocycles. The van der Waals surface area contributed by atoms with Crippen LogP contribution in [0.25, 0.3) is 11.0 Å². The quantitative estimate of drug-likeness (QED) is 0.603. The lowest BCUT2D eigenvalue weighted by atomic mass is 9.71. The van der Waals surface area contributed by atoms with Crippen LogP contribution in [0.15, 0.2) is 48.5 Å². The molecule has 1 aliphatic heterocycles. The second-order valence-electron chi connectivity index (χ2n) is 9.06. The molecule has 1 fully saturated rings. The zero-order valence-corrected chi connectivity index (χ0v) is 18.6. The number of para-hydroxylation sites is 2. The number of hydrogen-bond acceptors (Lipinski definition) is 3. The molecule has 2 aromatic carbocycles. The summed E-state index contributed by atoms with van der Waals surface area (Å²) in [5, 5.41) is 3.14. The average molecular weight is 431 g/mol. The molecule has 166 valence electrons. The van der Waals surface area contributed by atoms with Crippen LogP contribution in [-0.4, -0.2) is 38.8 Å². The van der Waals surface area contributed by atoms with Crippen LogP contribution >= 0.6 is 0 Å². The Morgan fingerprint density at radius 2 is 1.91 bits per heavy atom. The van der Waals surface area contributed by atoms with Gasteiger partial charge in [0.2, 0.25) is 5.91 Å². The highest BCUT2D eigenvalue weighted by Crippen LogP contribution is 2.50. The Morgan fingerprint density at radius 3 is 2.69 bits per heavy atom. The maximum atomic E-state index is 13.7. The first kappa shape index (κ1) is 20.7. The van der Waals surface area contributed by atoms with E-state index in [1.807, 2.05) is 53.4 Å². The largest absolute Gasteiger partial charge is 0.348 e. The predicted octanol–water partition coefficient (Wildman–Crippen LogP) is 4.53. The number of fused-ring (bicyclic) bond motifs is 2. The average Bonchev–Trinajstić information content (AvgIpc) is 3.45. The van der Waals surface area contributed by atoms with Crippen molar-refractivity contribution in [3.05, 3.63) is 65.5 Å². The number of carbonyl (C=O) groups is 2. The van der Waals surface area contributed by atoms with Crippen molar-refractivity contribution < 1.29 is 9.59 Å². The molecule has 1 spiro atoms. The van der Waals surface area contributed by atoms with Crippen molar-refractivity contribution in [1.29, 1.82) is 0 Å². The Bertz CT molecular complexity index is 1110. The van der Waals surface area contributed by atoms with E-state index < -0.39 is 5.54 Å².